The molecule has 180 valence electrons. The zero-order valence-corrected chi connectivity index (χ0v) is 19.4. The van der Waals surface area contributed by atoms with Crippen molar-refractivity contribution >= 4 is 45.3 Å². The molecular formula is C26H21N5O5. The number of non-ortho nitro benzene ring substituents is 1. The van der Waals surface area contributed by atoms with Crippen molar-refractivity contribution in [1.82, 2.24) is 5.32 Å². The number of nitro benzene ring substituents is 1. The third kappa shape index (κ3) is 4.87. The standard InChI is InChI=1S/C26H21N5O5/c1-15-12-17(25(33)27-2)10-11-22(15)29-30-23-20-9-4-3-6-16(20)13-21(24(23)32)26(34)28-18-7-5-8-19(14-18)31(35)36/h3-14,32H,1-2H3,(H,27,33)(H,28,34)/b30-29+. The minimum atomic E-state index is -0.665. The number of phenols is 1. The fourth-order valence-electron chi connectivity index (χ4n) is 3.64. The van der Waals surface area contributed by atoms with Gasteiger partial charge in [0, 0.05) is 35.8 Å². The Morgan fingerprint density at radius 1 is 0.944 bits per heavy atom. The highest BCUT2D eigenvalue weighted by atomic mass is 16.6. The number of anilines is 1. The highest BCUT2D eigenvalue weighted by Gasteiger charge is 2.19. The summed E-state index contributed by atoms with van der Waals surface area (Å²) in [5.41, 5.74) is 1.70. The number of carbonyl (C=O) groups excluding carboxylic acids is 2. The highest BCUT2D eigenvalue weighted by Crippen LogP contribution is 2.40. The molecule has 0 unspecified atom stereocenters. The van der Waals surface area contributed by atoms with Gasteiger partial charge in [-0.3, -0.25) is 19.7 Å². The van der Waals surface area contributed by atoms with E-state index in [9.17, 15) is 24.8 Å². The van der Waals surface area contributed by atoms with Crippen LogP contribution in [0.2, 0.25) is 0 Å². The first-order chi connectivity index (χ1) is 17.3. The number of hydrogen-bond acceptors (Lipinski definition) is 7. The van der Waals surface area contributed by atoms with Crippen LogP contribution in [0.25, 0.3) is 10.8 Å². The van der Waals surface area contributed by atoms with Crippen molar-refractivity contribution in [3.63, 3.8) is 0 Å². The quantitative estimate of drug-likeness (QED) is 0.180. The Kier molecular flexibility index (Phi) is 6.68. The van der Waals surface area contributed by atoms with E-state index in [-0.39, 0.29) is 34.3 Å². The van der Waals surface area contributed by atoms with E-state index in [2.05, 4.69) is 20.9 Å². The summed E-state index contributed by atoms with van der Waals surface area (Å²) >= 11 is 0. The van der Waals surface area contributed by atoms with E-state index in [1.807, 2.05) is 0 Å². The van der Waals surface area contributed by atoms with Crippen molar-refractivity contribution < 1.29 is 19.6 Å². The minimum Gasteiger partial charge on any atom is -0.505 e. The van der Waals surface area contributed by atoms with Gasteiger partial charge in [0.25, 0.3) is 17.5 Å². The number of rotatable bonds is 6. The Bertz CT molecular complexity index is 1550. The number of amides is 2. The molecule has 0 radical (unpaired) electrons. The summed E-state index contributed by atoms with van der Waals surface area (Å²) in [5.74, 6) is -1.28. The number of benzene rings is 4. The summed E-state index contributed by atoms with van der Waals surface area (Å²) in [7, 11) is 1.54. The Balaban J connectivity index is 1.73. The first-order valence-corrected chi connectivity index (χ1v) is 10.8. The maximum absolute atomic E-state index is 13.0. The van der Waals surface area contributed by atoms with Crippen LogP contribution in [0.1, 0.15) is 26.3 Å². The third-order valence-corrected chi connectivity index (χ3v) is 5.50. The number of nitro groups is 1. The van der Waals surface area contributed by atoms with Crippen molar-refractivity contribution in [3.05, 3.63) is 99.6 Å². The molecule has 0 aliphatic rings. The fraction of sp³-hybridized carbons (Fsp3) is 0.0769. The molecule has 10 heteroatoms. The predicted octanol–water partition coefficient (Wildman–Crippen LogP) is 5.79. The summed E-state index contributed by atoms with van der Waals surface area (Å²) < 4.78 is 0. The SMILES string of the molecule is CNC(=O)c1ccc(/N=N/c2c(O)c(C(=O)Nc3cccc([N+](=O)[O-])c3)cc3ccccc23)c(C)c1. The van der Waals surface area contributed by atoms with Gasteiger partial charge in [-0.05, 0) is 48.2 Å². The van der Waals surface area contributed by atoms with Crippen LogP contribution in [0, 0.1) is 17.0 Å². The molecule has 0 saturated heterocycles. The molecule has 0 fully saturated rings. The molecule has 36 heavy (non-hydrogen) atoms. The molecule has 0 heterocycles. The molecule has 0 aliphatic heterocycles. The number of nitrogens with zero attached hydrogens (tertiary/aromatic N) is 3. The van der Waals surface area contributed by atoms with Gasteiger partial charge in [0.05, 0.1) is 16.2 Å². The van der Waals surface area contributed by atoms with E-state index >= 15 is 0 Å². The van der Waals surface area contributed by atoms with Crippen LogP contribution in [0.15, 0.2) is 83.0 Å². The minimum absolute atomic E-state index is 0.0687. The lowest BCUT2D eigenvalue weighted by Crippen LogP contribution is -2.17. The molecule has 0 saturated carbocycles. The maximum Gasteiger partial charge on any atom is 0.271 e. The average molecular weight is 483 g/mol. The molecule has 4 rings (SSSR count). The number of hydrogen-bond donors (Lipinski definition) is 3. The summed E-state index contributed by atoms with van der Waals surface area (Å²) in [6, 6.07) is 19.0. The number of aromatic hydroxyl groups is 1. The lowest BCUT2D eigenvalue weighted by Gasteiger charge is -2.11. The van der Waals surface area contributed by atoms with E-state index in [0.29, 0.717) is 27.6 Å². The van der Waals surface area contributed by atoms with Crippen molar-refractivity contribution in [3.8, 4) is 5.75 Å². The van der Waals surface area contributed by atoms with Crippen LogP contribution in [0.4, 0.5) is 22.7 Å². The molecule has 10 nitrogen and oxygen atoms in total. The Morgan fingerprint density at radius 2 is 1.72 bits per heavy atom. The summed E-state index contributed by atoms with van der Waals surface area (Å²) in [6.45, 7) is 1.78. The lowest BCUT2D eigenvalue weighted by atomic mass is 10.0. The van der Waals surface area contributed by atoms with Gasteiger partial charge in [-0.2, -0.15) is 5.11 Å². The van der Waals surface area contributed by atoms with Crippen molar-refractivity contribution in [2.24, 2.45) is 10.2 Å². The third-order valence-electron chi connectivity index (χ3n) is 5.50. The smallest absolute Gasteiger partial charge is 0.271 e. The average Bonchev–Trinajstić information content (AvgIpc) is 2.88. The Labute approximate surface area is 205 Å². The Morgan fingerprint density at radius 3 is 2.44 bits per heavy atom. The molecule has 4 aromatic carbocycles. The molecule has 0 spiro atoms. The fourth-order valence-corrected chi connectivity index (χ4v) is 3.64. The van der Waals surface area contributed by atoms with Crippen LogP contribution < -0.4 is 10.6 Å². The van der Waals surface area contributed by atoms with Crippen LogP contribution in [-0.2, 0) is 0 Å². The highest BCUT2D eigenvalue weighted by molar-refractivity contribution is 6.11. The van der Waals surface area contributed by atoms with Crippen LogP contribution in [0.5, 0.6) is 5.75 Å². The van der Waals surface area contributed by atoms with Crippen LogP contribution >= 0.6 is 0 Å². The number of phenolic OH excluding ortho intramolecular Hbond substituents is 1. The molecule has 4 aromatic rings. The van der Waals surface area contributed by atoms with Gasteiger partial charge in [-0.15, -0.1) is 5.11 Å². The van der Waals surface area contributed by atoms with Gasteiger partial charge in [0.2, 0.25) is 0 Å². The summed E-state index contributed by atoms with van der Waals surface area (Å²) in [5, 5.41) is 36.9. The maximum atomic E-state index is 13.0. The van der Waals surface area contributed by atoms with E-state index < -0.39 is 10.8 Å². The van der Waals surface area contributed by atoms with E-state index in [4.69, 9.17) is 0 Å². The van der Waals surface area contributed by atoms with Gasteiger partial charge in [-0.25, -0.2) is 0 Å². The molecular weight excluding hydrogens is 462 g/mol. The lowest BCUT2D eigenvalue weighted by molar-refractivity contribution is -0.384. The molecule has 0 bridgehead atoms. The molecule has 0 aliphatic carbocycles. The summed E-state index contributed by atoms with van der Waals surface area (Å²) in [6.07, 6.45) is 0. The van der Waals surface area contributed by atoms with E-state index in [1.165, 1.54) is 30.3 Å². The summed E-state index contributed by atoms with van der Waals surface area (Å²) in [4.78, 5) is 35.4. The molecule has 3 N–H and O–H groups in total. The van der Waals surface area contributed by atoms with Gasteiger partial charge >= 0.3 is 0 Å². The van der Waals surface area contributed by atoms with Crippen molar-refractivity contribution in [1.29, 1.82) is 0 Å². The first kappa shape index (κ1) is 24.0. The van der Waals surface area contributed by atoms with Gasteiger partial charge in [0.15, 0.2) is 5.75 Å². The number of carbonyl (C=O) groups is 2. The zero-order valence-electron chi connectivity index (χ0n) is 19.4. The first-order valence-electron chi connectivity index (χ1n) is 10.8. The normalized spacial score (nSPS) is 10.9. The molecule has 0 atom stereocenters. The second-order valence-electron chi connectivity index (χ2n) is 7.88. The van der Waals surface area contributed by atoms with Crippen molar-refractivity contribution in [2.45, 2.75) is 6.92 Å². The van der Waals surface area contributed by atoms with Gasteiger partial charge in [-0.1, -0.05) is 30.3 Å². The van der Waals surface area contributed by atoms with Crippen molar-refractivity contribution in [2.75, 3.05) is 12.4 Å². The van der Waals surface area contributed by atoms with E-state index in [1.54, 1.807) is 56.4 Å². The van der Waals surface area contributed by atoms with Gasteiger partial charge in [0.1, 0.15) is 5.69 Å². The topological polar surface area (TPSA) is 146 Å². The zero-order chi connectivity index (χ0) is 25.8. The molecule has 2 amide bonds. The van der Waals surface area contributed by atoms with Crippen LogP contribution in [0.3, 0.4) is 0 Å². The number of fused-ring (bicyclic) bond motifs is 1. The second kappa shape index (κ2) is 10.0. The number of azo groups is 1. The van der Waals surface area contributed by atoms with E-state index in [0.717, 1.165) is 0 Å². The Hall–Kier alpha value is -5.12. The monoisotopic (exact) mass is 483 g/mol. The number of aryl methyl sites for hydroxylation is 1. The number of nitrogens with one attached hydrogen (secondary N) is 2. The van der Waals surface area contributed by atoms with Gasteiger partial charge < -0.3 is 15.7 Å². The largest absolute Gasteiger partial charge is 0.505 e. The van der Waals surface area contributed by atoms with Crippen LogP contribution in [-0.4, -0.2) is 28.9 Å². The predicted molar refractivity (Wildman–Crippen MR) is 135 cm³/mol. The molecule has 0 aromatic heterocycles. The second-order valence-corrected chi connectivity index (χ2v) is 7.88.